The number of carbonyl (C=O) groups is 2. The van der Waals surface area contributed by atoms with Gasteiger partial charge in [-0.25, -0.2) is 0 Å². The Hall–Kier alpha value is -2.66. The Morgan fingerprint density at radius 2 is 1.67 bits per heavy atom. The van der Waals surface area contributed by atoms with E-state index in [-0.39, 0.29) is 11.8 Å². The fourth-order valence-corrected chi connectivity index (χ4v) is 4.07. The number of nitrogens with one attached hydrogen (secondary N) is 1. The summed E-state index contributed by atoms with van der Waals surface area (Å²) in [6.45, 7) is 0.701. The molecule has 0 radical (unpaired) electrons. The Balaban J connectivity index is 1.45. The van der Waals surface area contributed by atoms with Gasteiger partial charge in [-0.05, 0) is 55.2 Å². The molecule has 4 rings (SSSR count). The molecule has 1 fully saturated rings. The van der Waals surface area contributed by atoms with Crippen LogP contribution in [0.15, 0.2) is 48.5 Å². The van der Waals surface area contributed by atoms with Crippen LogP contribution in [-0.4, -0.2) is 23.9 Å². The van der Waals surface area contributed by atoms with E-state index in [2.05, 4.69) is 11.4 Å². The summed E-state index contributed by atoms with van der Waals surface area (Å²) in [5.74, 6) is -0.143. The number of hydrogen-bond acceptors (Lipinski definition) is 3. The second-order valence-corrected chi connectivity index (χ2v) is 7.58. The lowest BCUT2D eigenvalue weighted by molar-refractivity contribution is -0.122. The van der Waals surface area contributed by atoms with Gasteiger partial charge in [-0.15, -0.1) is 0 Å². The lowest BCUT2D eigenvalue weighted by Crippen LogP contribution is -2.52. The number of rotatable bonds is 3. The van der Waals surface area contributed by atoms with Crippen LogP contribution >= 0.6 is 0 Å². The first kappa shape index (κ1) is 17.7. The SMILES string of the molecule is NC1(C(=O)Nc2ccc(C(=O)N3CCc4ccccc43)cc2)CCCCC1. The molecule has 1 aliphatic carbocycles. The molecule has 2 amide bonds. The number of fused-ring (bicyclic) bond motifs is 1. The van der Waals surface area contributed by atoms with E-state index in [4.69, 9.17) is 5.73 Å². The van der Waals surface area contributed by atoms with Crippen molar-refractivity contribution in [3.63, 3.8) is 0 Å². The maximum Gasteiger partial charge on any atom is 0.258 e. The molecule has 5 heteroatoms. The number of hydrogen-bond donors (Lipinski definition) is 2. The van der Waals surface area contributed by atoms with E-state index >= 15 is 0 Å². The van der Waals surface area contributed by atoms with E-state index in [1.807, 2.05) is 23.1 Å². The van der Waals surface area contributed by atoms with Gasteiger partial charge < -0.3 is 16.0 Å². The first-order valence-electron chi connectivity index (χ1n) is 9.67. The van der Waals surface area contributed by atoms with Gasteiger partial charge in [0.25, 0.3) is 5.91 Å². The molecule has 0 saturated heterocycles. The molecule has 140 valence electrons. The Morgan fingerprint density at radius 3 is 2.41 bits per heavy atom. The van der Waals surface area contributed by atoms with Crippen molar-refractivity contribution in [1.82, 2.24) is 0 Å². The normalized spacial score (nSPS) is 18.0. The molecule has 1 aliphatic heterocycles. The van der Waals surface area contributed by atoms with Crippen LogP contribution in [0.5, 0.6) is 0 Å². The monoisotopic (exact) mass is 363 g/mol. The van der Waals surface area contributed by atoms with Crippen LogP contribution in [0.2, 0.25) is 0 Å². The standard InChI is InChI=1S/C22H25N3O2/c23-22(13-4-1-5-14-22)21(27)24-18-10-8-17(9-11-18)20(26)25-15-12-16-6-2-3-7-19(16)25/h2-3,6-11H,1,4-5,12-15,23H2,(H,24,27). The van der Waals surface area contributed by atoms with Crippen LogP contribution in [0.4, 0.5) is 11.4 Å². The van der Waals surface area contributed by atoms with Crippen molar-refractivity contribution in [2.45, 2.75) is 44.1 Å². The summed E-state index contributed by atoms with van der Waals surface area (Å²) in [4.78, 5) is 27.2. The lowest BCUT2D eigenvalue weighted by Gasteiger charge is -2.31. The molecule has 2 aromatic rings. The highest BCUT2D eigenvalue weighted by molar-refractivity contribution is 6.07. The molecule has 27 heavy (non-hydrogen) atoms. The lowest BCUT2D eigenvalue weighted by atomic mass is 9.82. The van der Waals surface area contributed by atoms with Gasteiger partial charge in [0.2, 0.25) is 5.91 Å². The predicted molar refractivity (Wildman–Crippen MR) is 107 cm³/mol. The zero-order valence-corrected chi connectivity index (χ0v) is 15.4. The third-order valence-corrected chi connectivity index (χ3v) is 5.72. The average molecular weight is 363 g/mol. The maximum absolute atomic E-state index is 12.9. The van der Waals surface area contributed by atoms with Gasteiger partial charge in [-0.1, -0.05) is 37.5 Å². The largest absolute Gasteiger partial charge is 0.324 e. The molecule has 5 nitrogen and oxygen atoms in total. The number of carbonyl (C=O) groups excluding carboxylic acids is 2. The highest BCUT2D eigenvalue weighted by Gasteiger charge is 2.35. The van der Waals surface area contributed by atoms with Gasteiger partial charge in [0.1, 0.15) is 0 Å². The van der Waals surface area contributed by atoms with Gasteiger partial charge in [0, 0.05) is 23.5 Å². The van der Waals surface area contributed by atoms with E-state index in [0.717, 1.165) is 44.2 Å². The number of amides is 2. The predicted octanol–water partition coefficient (Wildman–Crippen LogP) is 3.49. The van der Waals surface area contributed by atoms with Crippen molar-refractivity contribution in [3.05, 3.63) is 59.7 Å². The Labute approximate surface area is 159 Å². The van der Waals surface area contributed by atoms with Gasteiger partial charge in [-0.2, -0.15) is 0 Å². The zero-order valence-electron chi connectivity index (χ0n) is 15.4. The Morgan fingerprint density at radius 1 is 0.963 bits per heavy atom. The summed E-state index contributed by atoms with van der Waals surface area (Å²) in [6.07, 6.45) is 5.47. The third-order valence-electron chi connectivity index (χ3n) is 5.72. The summed E-state index contributed by atoms with van der Waals surface area (Å²) in [5, 5.41) is 2.91. The van der Waals surface area contributed by atoms with Crippen LogP contribution in [0, 0.1) is 0 Å². The van der Waals surface area contributed by atoms with Crippen molar-refractivity contribution in [2.24, 2.45) is 5.73 Å². The second kappa shape index (κ2) is 7.16. The third kappa shape index (κ3) is 3.47. The fraction of sp³-hybridized carbons (Fsp3) is 0.364. The first-order valence-corrected chi connectivity index (χ1v) is 9.67. The quantitative estimate of drug-likeness (QED) is 0.876. The molecule has 1 saturated carbocycles. The highest BCUT2D eigenvalue weighted by atomic mass is 16.2. The fourth-order valence-electron chi connectivity index (χ4n) is 4.07. The van der Waals surface area contributed by atoms with Crippen molar-refractivity contribution in [3.8, 4) is 0 Å². The second-order valence-electron chi connectivity index (χ2n) is 7.58. The summed E-state index contributed by atoms with van der Waals surface area (Å²) in [5.41, 5.74) is 8.99. The van der Waals surface area contributed by atoms with E-state index in [1.165, 1.54) is 5.56 Å². The Bertz CT molecular complexity index is 854. The first-order chi connectivity index (χ1) is 13.1. The molecular formula is C22H25N3O2. The van der Waals surface area contributed by atoms with Crippen LogP contribution in [0.25, 0.3) is 0 Å². The Kier molecular flexibility index (Phi) is 4.70. The number of nitrogens with zero attached hydrogens (tertiary/aromatic N) is 1. The average Bonchev–Trinajstić information content (AvgIpc) is 3.13. The van der Waals surface area contributed by atoms with Crippen LogP contribution < -0.4 is 16.0 Å². The molecule has 2 aromatic carbocycles. The van der Waals surface area contributed by atoms with Crippen LogP contribution in [-0.2, 0) is 11.2 Å². The maximum atomic E-state index is 12.9. The van der Waals surface area contributed by atoms with Crippen molar-refractivity contribution in [2.75, 3.05) is 16.8 Å². The topological polar surface area (TPSA) is 75.4 Å². The van der Waals surface area contributed by atoms with Crippen molar-refractivity contribution >= 4 is 23.2 Å². The molecular weight excluding hydrogens is 338 g/mol. The minimum atomic E-state index is -0.772. The van der Waals surface area contributed by atoms with Gasteiger partial charge in [0.15, 0.2) is 0 Å². The van der Waals surface area contributed by atoms with Gasteiger partial charge in [0.05, 0.1) is 5.54 Å². The zero-order chi connectivity index (χ0) is 18.9. The molecule has 0 atom stereocenters. The van der Waals surface area contributed by atoms with Crippen LogP contribution in [0.3, 0.4) is 0 Å². The van der Waals surface area contributed by atoms with Gasteiger partial charge in [-0.3, -0.25) is 9.59 Å². The van der Waals surface area contributed by atoms with E-state index < -0.39 is 5.54 Å². The summed E-state index contributed by atoms with van der Waals surface area (Å²) in [7, 11) is 0. The minimum Gasteiger partial charge on any atom is -0.324 e. The molecule has 0 bridgehead atoms. The van der Waals surface area contributed by atoms with E-state index in [1.54, 1.807) is 24.3 Å². The number of anilines is 2. The van der Waals surface area contributed by atoms with E-state index in [9.17, 15) is 9.59 Å². The summed E-state index contributed by atoms with van der Waals surface area (Å²) in [6, 6.07) is 15.1. The van der Waals surface area contributed by atoms with E-state index in [0.29, 0.717) is 17.8 Å². The number of para-hydroxylation sites is 1. The molecule has 0 unspecified atom stereocenters. The molecule has 0 aromatic heterocycles. The summed E-state index contributed by atoms with van der Waals surface area (Å²) >= 11 is 0. The number of nitrogens with two attached hydrogens (primary N) is 1. The highest BCUT2D eigenvalue weighted by Crippen LogP contribution is 2.30. The van der Waals surface area contributed by atoms with Gasteiger partial charge >= 0.3 is 0 Å². The molecule has 2 aliphatic rings. The molecule has 3 N–H and O–H groups in total. The molecule has 1 heterocycles. The summed E-state index contributed by atoms with van der Waals surface area (Å²) < 4.78 is 0. The van der Waals surface area contributed by atoms with Crippen LogP contribution in [0.1, 0.15) is 48.0 Å². The van der Waals surface area contributed by atoms with Crippen molar-refractivity contribution < 1.29 is 9.59 Å². The smallest absolute Gasteiger partial charge is 0.258 e. The van der Waals surface area contributed by atoms with Crippen molar-refractivity contribution in [1.29, 1.82) is 0 Å². The number of benzene rings is 2. The molecule has 0 spiro atoms. The minimum absolute atomic E-state index is 0.0135.